The number of hydrogen-bond donors (Lipinski definition) is 1. The summed E-state index contributed by atoms with van der Waals surface area (Å²) in [7, 11) is 0. The summed E-state index contributed by atoms with van der Waals surface area (Å²) in [6.45, 7) is 3.58. The molecule has 1 aromatic rings. The molecule has 0 radical (unpaired) electrons. The summed E-state index contributed by atoms with van der Waals surface area (Å²) in [5.74, 6) is 0. The Balaban J connectivity index is 3.29. The molecule has 0 unspecified atom stereocenters. The van der Waals surface area contributed by atoms with E-state index in [2.05, 4.69) is 0 Å². The predicted molar refractivity (Wildman–Crippen MR) is 46.6 cm³/mol. The maximum Gasteiger partial charge on any atom is 0.0682 e. The highest BCUT2D eigenvalue weighted by atomic mass is 16.3. The molecule has 0 atom stereocenters. The quantitative estimate of drug-likeness (QED) is 0.653. The second-order valence-corrected chi connectivity index (χ2v) is 2.85. The Labute approximate surface area is 70.5 Å². The summed E-state index contributed by atoms with van der Waals surface area (Å²) in [4.78, 5) is 0. The van der Waals surface area contributed by atoms with Gasteiger partial charge in [0.2, 0.25) is 0 Å². The lowest BCUT2D eigenvalue weighted by molar-refractivity contribution is 0.281. The smallest absolute Gasteiger partial charge is 0.0682 e. The van der Waals surface area contributed by atoms with Crippen LogP contribution in [0.1, 0.15) is 25.0 Å². The van der Waals surface area contributed by atoms with Crippen molar-refractivity contribution in [3.05, 3.63) is 34.4 Å². The highest BCUT2D eigenvalue weighted by Gasteiger charge is 1.98. The predicted octanol–water partition coefficient (Wildman–Crippen LogP) is 2.10. The van der Waals surface area contributed by atoms with Crippen LogP contribution in [0, 0.1) is 20.8 Å². The van der Waals surface area contributed by atoms with Crippen LogP contribution in [-0.2, 0) is 6.56 Å². The van der Waals surface area contributed by atoms with Crippen molar-refractivity contribution in [2.24, 2.45) is 0 Å². The van der Waals surface area contributed by atoms with Gasteiger partial charge in [0.15, 0.2) is 0 Å². The van der Waals surface area contributed by atoms with Gasteiger partial charge >= 0.3 is 0 Å². The molecule has 1 aromatic carbocycles. The molecule has 0 spiro atoms. The lowest BCUT2D eigenvalue weighted by atomic mass is 10.0. The minimum Gasteiger partial charge on any atom is -0.392 e. The molecule has 11 heavy (non-hydrogen) atoms. The zero-order chi connectivity index (χ0) is 10.2. The number of rotatable bonds is 1. The van der Waals surface area contributed by atoms with Crippen molar-refractivity contribution in [2.75, 3.05) is 0 Å². The second-order valence-electron chi connectivity index (χ2n) is 2.85. The van der Waals surface area contributed by atoms with E-state index in [-0.39, 0.29) is 0 Å². The maximum atomic E-state index is 9.16. The number of aryl methyl sites for hydroxylation is 2. The Kier molecular flexibility index (Phi) is 1.61. The largest absolute Gasteiger partial charge is 0.392 e. The number of aliphatic hydroxyl groups is 1. The Hall–Kier alpha value is -0.820. The molecule has 0 heterocycles. The van der Waals surface area contributed by atoms with Crippen LogP contribution in [0.4, 0.5) is 0 Å². The Morgan fingerprint density at radius 1 is 1.27 bits per heavy atom. The van der Waals surface area contributed by atoms with Crippen molar-refractivity contribution >= 4 is 0 Å². The molecule has 0 aliphatic carbocycles. The van der Waals surface area contributed by atoms with Crippen LogP contribution in [0.3, 0.4) is 0 Å². The van der Waals surface area contributed by atoms with Gasteiger partial charge in [-0.05, 0) is 43.0 Å². The Bertz CT molecular complexity index is 303. The summed E-state index contributed by atoms with van der Waals surface area (Å²) in [5.41, 5.74) is 3.49. The third-order valence-electron chi connectivity index (χ3n) is 2.06. The first-order chi connectivity index (χ1) is 5.82. The van der Waals surface area contributed by atoms with E-state index in [1.807, 2.05) is 20.8 Å². The van der Waals surface area contributed by atoms with Gasteiger partial charge in [0.25, 0.3) is 0 Å². The van der Waals surface area contributed by atoms with E-state index in [1.165, 1.54) is 0 Å². The average molecular weight is 152 g/mol. The second kappa shape index (κ2) is 3.05. The summed E-state index contributed by atoms with van der Waals surface area (Å²) in [5, 5.41) is 9.16. The van der Waals surface area contributed by atoms with Gasteiger partial charge in [0.1, 0.15) is 0 Å². The van der Waals surface area contributed by atoms with Crippen LogP contribution in [0.2, 0.25) is 0 Å². The average Bonchev–Trinajstić information content (AvgIpc) is 1.97. The summed E-state index contributed by atoms with van der Waals surface area (Å²) in [6.07, 6.45) is 0. The molecule has 0 aliphatic rings. The Morgan fingerprint density at radius 2 is 1.73 bits per heavy atom. The van der Waals surface area contributed by atoms with Crippen LogP contribution >= 0.6 is 0 Å². The topological polar surface area (TPSA) is 20.2 Å². The SMILES string of the molecule is [2H]C([2H])(O)c1cc(C)c(C)c(C)c1. The van der Waals surface area contributed by atoms with E-state index in [0.717, 1.165) is 16.7 Å². The summed E-state index contributed by atoms with van der Waals surface area (Å²) < 4.78 is 14.3. The fourth-order valence-corrected chi connectivity index (χ4v) is 1.10. The van der Waals surface area contributed by atoms with E-state index < -0.39 is 6.56 Å². The van der Waals surface area contributed by atoms with Crippen LogP contribution < -0.4 is 0 Å². The van der Waals surface area contributed by atoms with Crippen molar-refractivity contribution in [1.82, 2.24) is 0 Å². The molecular formula is C10H14O. The maximum absolute atomic E-state index is 9.16. The van der Waals surface area contributed by atoms with Gasteiger partial charge in [-0.25, -0.2) is 0 Å². The van der Waals surface area contributed by atoms with Crippen LogP contribution in [0.5, 0.6) is 0 Å². The molecule has 1 nitrogen and oxygen atoms in total. The van der Waals surface area contributed by atoms with Gasteiger partial charge in [0, 0.05) is 0 Å². The lowest BCUT2D eigenvalue weighted by Gasteiger charge is -2.06. The molecule has 0 fully saturated rings. The van der Waals surface area contributed by atoms with Crippen LogP contribution in [0.15, 0.2) is 12.1 Å². The first-order valence-electron chi connectivity index (χ1n) is 4.63. The van der Waals surface area contributed by atoms with Crippen molar-refractivity contribution in [2.45, 2.75) is 27.3 Å². The molecule has 0 bridgehead atoms. The minimum absolute atomic E-state index is 0.327. The number of benzene rings is 1. The van der Waals surface area contributed by atoms with Gasteiger partial charge in [-0.3, -0.25) is 0 Å². The first kappa shape index (κ1) is 5.78. The highest BCUT2D eigenvalue weighted by Crippen LogP contribution is 2.14. The van der Waals surface area contributed by atoms with Crippen molar-refractivity contribution in [1.29, 1.82) is 0 Å². The molecule has 0 saturated carbocycles. The van der Waals surface area contributed by atoms with E-state index in [1.54, 1.807) is 12.1 Å². The highest BCUT2D eigenvalue weighted by molar-refractivity contribution is 5.36. The molecule has 1 rings (SSSR count). The normalized spacial score (nSPS) is 14.2. The van der Waals surface area contributed by atoms with Crippen LogP contribution in [-0.4, -0.2) is 5.11 Å². The van der Waals surface area contributed by atoms with Crippen molar-refractivity contribution in [3.63, 3.8) is 0 Å². The van der Waals surface area contributed by atoms with Gasteiger partial charge in [-0.1, -0.05) is 12.1 Å². The molecule has 60 valence electrons. The first-order valence-corrected chi connectivity index (χ1v) is 3.63. The molecule has 0 aromatic heterocycles. The monoisotopic (exact) mass is 152 g/mol. The molecule has 1 heteroatoms. The fourth-order valence-electron chi connectivity index (χ4n) is 1.10. The molecule has 1 N–H and O–H groups in total. The third-order valence-corrected chi connectivity index (χ3v) is 2.06. The molecule has 0 saturated heterocycles. The molecule has 0 amide bonds. The minimum atomic E-state index is -2.23. The molecular weight excluding hydrogens is 136 g/mol. The Morgan fingerprint density at radius 3 is 2.09 bits per heavy atom. The van der Waals surface area contributed by atoms with Gasteiger partial charge in [0.05, 0.1) is 9.30 Å². The zero-order valence-corrected chi connectivity index (χ0v) is 7.10. The lowest BCUT2D eigenvalue weighted by Crippen LogP contribution is -1.91. The van der Waals surface area contributed by atoms with Crippen molar-refractivity contribution < 1.29 is 7.85 Å². The van der Waals surface area contributed by atoms with E-state index in [9.17, 15) is 0 Å². The number of hydrogen-bond acceptors (Lipinski definition) is 1. The van der Waals surface area contributed by atoms with Crippen molar-refractivity contribution in [3.8, 4) is 0 Å². The zero-order valence-electron chi connectivity index (χ0n) is 9.10. The third kappa shape index (κ3) is 1.60. The van der Waals surface area contributed by atoms with Crippen LogP contribution in [0.25, 0.3) is 0 Å². The summed E-state index contributed by atoms with van der Waals surface area (Å²) in [6, 6.07) is 3.37. The van der Waals surface area contributed by atoms with Gasteiger partial charge in [-0.15, -0.1) is 0 Å². The van der Waals surface area contributed by atoms with Gasteiger partial charge in [-0.2, -0.15) is 0 Å². The molecule has 0 aliphatic heterocycles. The van der Waals surface area contributed by atoms with E-state index in [0.29, 0.717) is 5.56 Å². The van der Waals surface area contributed by atoms with E-state index >= 15 is 0 Å². The fraction of sp³-hybridized carbons (Fsp3) is 0.400. The standard InChI is InChI=1S/C10H14O/c1-7-4-10(6-11)5-8(2)9(7)3/h4-5,11H,6H2,1-3H3/i6D2. The van der Waals surface area contributed by atoms with Gasteiger partial charge < -0.3 is 5.11 Å². The summed E-state index contributed by atoms with van der Waals surface area (Å²) >= 11 is 0. The van der Waals surface area contributed by atoms with E-state index in [4.69, 9.17) is 7.85 Å².